The van der Waals surface area contributed by atoms with Crippen molar-refractivity contribution in [1.82, 2.24) is 5.16 Å². The average Bonchev–Trinajstić information content (AvgIpc) is 3.07. The molecule has 0 saturated carbocycles. The highest BCUT2D eigenvalue weighted by Crippen LogP contribution is 2.39. The summed E-state index contributed by atoms with van der Waals surface area (Å²) in [5, 5.41) is 6.77. The van der Waals surface area contributed by atoms with E-state index < -0.39 is 11.9 Å². The lowest BCUT2D eigenvalue weighted by Gasteiger charge is -2.09. The predicted octanol–water partition coefficient (Wildman–Crippen LogP) is 6.65. The van der Waals surface area contributed by atoms with Gasteiger partial charge in [-0.05, 0) is 24.3 Å². The minimum absolute atomic E-state index is 0.00830. The lowest BCUT2D eigenvalue weighted by Crippen LogP contribution is -2.15. The number of anilines is 1. The first-order valence-electron chi connectivity index (χ1n) is 7.73. The standard InChI is InChI=1S/C18H9Cl5N2O4/c1-28-18(27)13-15(11-7(19)3-2-4-8(11)20)25-29-17(13)24-16(26)12-9(21)5-6-10(22)14(12)23/h2-6H,1H3,(H,24,26). The van der Waals surface area contributed by atoms with E-state index in [0.29, 0.717) is 0 Å². The Labute approximate surface area is 189 Å². The van der Waals surface area contributed by atoms with Crippen LogP contribution in [0.5, 0.6) is 0 Å². The molecule has 0 aliphatic rings. The lowest BCUT2D eigenvalue weighted by molar-refractivity contribution is 0.0602. The maximum absolute atomic E-state index is 12.7. The molecule has 1 heterocycles. The molecule has 150 valence electrons. The zero-order valence-corrected chi connectivity index (χ0v) is 18.1. The predicted molar refractivity (Wildman–Crippen MR) is 113 cm³/mol. The summed E-state index contributed by atoms with van der Waals surface area (Å²) >= 11 is 30.5. The number of esters is 1. The van der Waals surface area contributed by atoms with Gasteiger partial charge < -0.3 is 9.26 Å². The van der Waals surface area contributed by atoms with E-state index in [1.54, 1.807) is 18.2 Å². The number of amides is 1. The molecule has 0 bridgehead atoms. The fourth-order valence-corrected chi connectivity index (χ4v) is 3.74. The van der Waals surface area contributed by atoms with Gasteiger partial charge >= 0.3 is 5.97 Å². The molecule has 0 aliphatic carbocycles. The van der Waals surface area contributed by atoms with Gasteiger partial charge in [0.2, 0.25) is 5.88 Å². The van der Waals surface area contributed by atoms with Gasteiger partial charge in [-0.2, -0.15) is 0 Å². The third-order valence-corrected chi connectivity index (χ3v) is 5.53. The molecule has 29 heavy (non-hydrogen) atoms. The lowest BCUT2D eigenvalue weighted by atomic mass is 10.1. The fourth-order valence-electron chi connectivity index (χ4n) is 2.46. The molecular formula is C18H9Cl5N2O4. The Kier molecular flexibility index (Phi) is 6.61. The SMILES string of the molecule is COC(=O)c1c(-c2c(Cl)cccc2Cl)noc1NC(=O)c1c(Cl)ccc(Cl)c1Cl. The van der Waals surface area contributed by atoms with Crippen molar-refractivity contribution in [1.29, 1.82) is 0 Å². The number of halogens is 5. The van der Waals surface area contributed by atoms with Crippen molar-refractivity contribution in [2.24, 2.45) is 0 Å². The second-order valence-electron chi connectivity index (χ2n) is 5.50. The van der Waals surface area contributed by atoms with Crippen LogP contribution in [-0.4, -0.2) is 24.1 Å². The van der Waals surface area contributed by atoms with E-state index in [9.17, 15) is 9.59 Å². The molecule has 0 fully saturated rings. The number of ether oxygens (including phenoxy) is 1. The highest BCUT2D eigenvalue weighted by Gasteiger charge is 2.30. The molecular weight excluding hydrogens is 485 g/mol. The van der Waals surface area contributed by atoms with Crippen molar-refractivity contribution in [3.63, 3.8) is 0 Å². The van der Waals surface area contributed by atoms with Crippen LogP contribution in [0.15, 0.2) is 34.9 Å². The Balaban J connectivity index is 2.10. The summed E-state index contributed by atoms with van der Waals surface area (Å²) in [7, 11) is 1.16. The highest BCUT2D eigenvalue weighted by atomic mass is 35.5. The molecule has 1 N–H and O–H groups in total. The van der Waals surface area contributed by atoms with Gasteiger partial charge in [0.1, 0.15) is 5.69 Å². The zero-order valence-electron chi connectivity index (χ0n) is 14.4. The first-order valence-corrected chi connectivity index (χ1v) is 9.62. The molecule has 0 spiro atoms. The van der Waals surface area contributed by atoms with Crippen LogP contribution < -0.4 is 5.32 Å². The van der Waals surface area contributed by atoms with E-state index >= 15 is 0 Å². The van der Waals surface area contributed by atoms with Crippen molar-refractivity contribution in [2.45, 2.75) is 0 Å². The number of hydrogen-bond acceptors (Lipinski definition) is 5. The number of hydrogen-bond donors (Lipinski definition) is 1. The van der Waals surface area contributed by atoms with Crippen molar-refractivity contribution in [2.75, 3.05) is 12.4 Å². The summed E-state index contributed by atoms with van der Waals surface area (Å²) in [6.45, 7) is 0. The molecule has 0 aliphatic heterocycles. The Hall–Kier alpha value is -1.96. The van der Waals surface area contributed by atoms with Crippen molar-refractivity contribution in [3.05, 3.63) is 66.6 Å². The molecule has 3 aromatic rings. The molecule has 0 radical (unpaired) electrons. The third kappa shape index (κ3) is 4.17. The number of carbonyl (C=O) groups excluding carboxylic acids is 2. The van der Waals surface area contributed by atoms with Crippen LogP contribution in [0.1, 0.15) is 20.7 Å². The number of nitrogens with one attached hydrogen (secondary N) is 1. The first-order chi connectivity index (χ1) is 13.8. The van der Waals surface area contributed by atoms with Crippen LogP contribution in [0, 0.1) is 0 Å². The molecule has 3 rings (SSSR count). The number of carbonyl (C=O) groups is 2. The van der Waals surface area contributed by atoms with Gasteiger partial charge in [0.15, 0.2) is 5.56 Å². The maximum atomic E-state index is 12.7. The quantitative estimate of drug-likeness (QED) is 0.324. The van der Waals surface area contributed by atoms with Gasteiger partial charge in [-0.1, -0.05) is 69.2 Å². The fraction of sp³-hybridized carbons (Fsp3) is 0.0556. The maximum Gasteiger partial charge on any atom is 0.345 e. The zero-order chi connectivity index (χ0) is 21.3. The van der Waals surface area contributed by atoms with Crippen LogP contribution in [0.3, 0.4) is 0 Å². The number of nitrogens with zero attached hydrogens (tertiary/aromatic N) is 1. The molecule has 2 aromatic carbocycles. The minimum Gasteiger partial charge on any atom is -0.465 e. The average molecular weight is 495 g/mol. The minimum atomic E-state index is -0.837. The van der Waals surface area contributed by atoms with Crippen molar-refractivity contribution in [3.8, 4) is 11.3 Å². The smallest absolute Gasteiger partial charge is 0.345 e. The summed E-state index contributed by atoms with van der Waals surface area (Å²) in [5.41, 5.74) is -0.0687. The van der Waals surface area contributed by atoms with E-state index in [0.717, 1.165) is 7.11 Å². The summed E-state index contributed by atoms with van der Waals surface area (Å²) < 4.78 is 9.95. The molecule has 1 amide bonds. The van der Waals surface area contributed by atoms with E-state index in [4.69, 9.17) is 67.3 Å². The number of rotatable bonds is 4. The van der Waals surface area contributed by atoms with Gasteiger partial charge in [-0.25, -0.2) is 4.79 Å². The molecule has 0 atom stereocenters. The number of methoxy groups -OCH3 is 1. The van der Waals surface area contributed by atoms with Gasteiger partial charge in [-0.15, -0.1) is 0 Å². The topological polar surface area (TPSA) is 81.4 Å². The molecule has 0 saturated heterocycles. The van der Waals surface area contributed by atoms with Crippen LogP contribution in [0.4, 0.5) is 5.88 Å². The van der Waals surface area contributed by atoms with Gasteiger partial charge in [0.25, 0.3) is 5.91 Å². The Morgan fingerprint density at radius 1 is 0.931 bits per heavy atom. The van der Waals surface area contributed by atoms with E-state index in [-0.39, 0.29) is 53.4 Å². The van der Waals surface area contributed by atoms with Gasteiger partial charge in [-0.3, -0.25) is 10.1 Å². The van der Waals surface area contributed by atoms with Gasteiger partial charge in [0, 0.05) is 5.56 Å². The Morgan fingerprint density at radius 3 is 2.17 bits per heavy atom. The number of benzene rings is 2. The van der Waals surface area contributed by atoms with E-state index in [2.05, 4.69) is 10.5 Å². The van der Waals surface area contributed by atoms with Gasteiger partial charge in [0.05, 0.1) is 37.8 Å². The summed E-state index contributed by atoms with van der Waals surface area (Å²) in [4.78, 5) is 25.1. The molecule has 11 heteroatoms. The van der Waals surface area contributed by atoms with Crippen molar-refractivity contribution >= 4 is 75.8 Å². The second-order valence-corrected chi connectivity index (χ2v) is 7.50. The first kappa shape index (κ1) is 21.7. The summed E-state index contributed by atoms with van der Waals surface area (Å²) in [5.74, 6) is -1.92. The number of aromatic nitrogens is 1. The molecule has 6 nitrogen and oxygen atoms in total. The van der Waals surface area contributed by atoms with Crippen LogP contribution in [0.25, 0.3) is 11.3 Å². The van der Waals surface area contributed by atoms with E-state index in [1.807, 2.05) is 0 Å². The normalized spacial score (nSPS) is 10.7. The van der Waals surface area contributed by atoms with Crippen LogP contribution >= 0.6 is 58.0 Å². The largest absolute Gasteiger partial charge is 0.465 e. The highest BCUT2D eigenvalue weighted by molar-refractivity contribution is 6.46. The van der Waals surface area contributed by atoms with E-state index in [1.165, 1.54) is 12.1 Å². The summed E-state index contributed by atoms with van der Waals surface area (Å²) in [6, 6.07) is 7.58. The Bertz CT molecular complexity index is 1110. The second kappa shape index (κ2) is 8.81. The monoisotopic (exact) mass is 492 g/mol. The van der Waals surface area contributed by atoms with Crippen molar-refractivity contribution < 1.29 is 18.8 Å². The third-order valence-electron chi connectivity index (χ3n) is 3.78. The van der Waals surface area contributed by atoms with Crippen LogP contribution in [-0.2, 0) is 4.74 Å². The Morgan fingerprint density at radius 2 is 1.55 bits per heavy atom. The summed E-state index contributed by atoms with van der Waals surface area (Å²) in [6.07, 6.45) is 0. The van der Waals surface area contributed by atoms with Crippen LogP contribution in [0.2, 0.25) is 25.1 Å². The molecule has 1 aromatic heterocycles. The molecule has 0 unspecified atom stereocenters.